The number of β-amino-alcohol motifs (C(OH)–C–C–N with tert-alkyl or cyclic N) is 1. The fraction of sp³-hybridized carbons (Fsp3) is 1.00. The minimum atomic E-state index is -1.15. The van der Waals surface area contributed by atoms with E-state index in [2.05, 4.69) is 6.92 Å². The van der Waals surface area contributed by atoms with Crippen LogP contribution >= 0.6 is 0 Å². The summed E-state index contributed by atoms with van der Waals surface area (Å²) in [4.78, 5) is 1.84. The number of hydrogen-bond acceptors (Lipinski definition) is 5. The molecule has 4 N–H and O–H groups in total. The van der Waals surface area contributed by atoms with E-state index in [1.165, 1.54) is 0 Å². The highest BCUT2D eigenvalue weighted by Gasteiger charge is 2.40. The molecule has 0 aromatic carbocycles. The first-order valence-corrected chi connectivity index (χ1v) is 5.51. The van der Waals surface area contributed by atoms with Crippen LogP contribution < -0.4 is 0 Å². The van der Waals surface area contributed by atoms with Gasteiger partial charge in [0.1, 0.15) is 12.2 Å². The average Bonchev–Trinajstić information content (AvgIpc) is 2.23. The van der Waals surface area contributed by atoms with Crippen molar-refractivity contribution in [3.63, 3.8) is 0 Å². The molecule has 1 heterocycles. The molecule has 0 saturated carbocycles. The van der Waals surface area contributed by atoms with Gasteiger partial charge >= 0.3 is 0 Å². The number of likely N-dealkylation sites (tertiary alicyclic amines) is 1. The van der Waals surface area contributed by atoms with E-state index in [4.69, 9.17) is 5.11 Å². The van der Waals surface area contributed by atoms with E-state index in [1.54, 1.807) is 0 Å². The van der Waals surface area contributed by atoms with Crippen molar-refractivity contribution in [3.05, 3.63) is 0 Å². The first-order valence-electron chi connectivity index (χ1n) is 5.51. The quantitative estimate of drug-likeness (QED) is 0.465. The highest BCUT2D eigenvalue weighted by atomic mass is 16.4. The first kappa shape index (κ1) is 12.9. The normalized spacial score (nSPS) is 38.2. The maximum Gasteiger partial charge on any atom is 0.109 e. The van der Waals surface area contributed by atoms with Gasteiger partial charge in [0.05, 0.1) is 18.8 Å². The van der Waals surface area contributed by atoms with Crippen molar-refractivity contribution < 1.29 is 20.4 Å². The third-order valence-electron chi connectivity index (χ3n) is 3.01. The maximum atomic E-state index is 9.67. The average molecular weight is 219 g/mol. The van der Waals surface area contributed by atoms with Crippen LogP contribution in [-0.2, 0) is 0 Å². The molecule has 5 nitrogen and oxygen atoms in total. The third-order valence-corrected chi connectivity index (χ3v) is 3.01. The van der Waals surface area contributed by atoms with Gasteiger partial charge in [0, 0.05) is 6.54 Å². The molecule has 0 spiro atoms. The number of piperidine rings is 1. The SMILES string of the molecule is CCCCN1C[C@@H](O)[C@H](O)[C@H](O)C1CO. The van der Waals surface area contributed by atoms with Crippen molar-refractivity contribution in [2.24, 2.45) is 0 Å². The Labute approximate surface area is 90.0 Å². The summed E-state index contributed by atoms with van der Waals surface area (Å²) < 4.78 is 0. The molecule has 0 aromatic heterocycles. The minimum absolute atomic E-state index is 0.200. The molecule has 0 aromatic rings. The summed E-state index contributed by atoms with van der Waals surface area (Å²) in [6.07, 6.45) is -1.19. The highest BCUT2D eigenvalue weighted by Crippen LogP contribution is 2.19. The molecular formula is C10H21NO4. The standard InChI is InChI=1S/C10H21NO4/c1-2-3-4-11-5-8(13)10(15)9(14)7(11)6-12/h7-10,12-15H,2-6H2,1H3/t7?,8-,9-,10+/m1/s1. The van der Waals surface area contributed by atoms with Crippen LogP contribution in [0.3, 0.4) is 0 Å². The highest BCUT2D eigenvalue weighted by molar-refractivity contribution is 4.93. The fourth-order valence-electron chi connectivity index (χ4n) is 2.00. The Morgan fingerprint density at radius 2 is 1.87 bits per heavy atom. The van der Waals surface area contributed by atoms with Crippen LogP contribution in [0.1, 0.15) is 19.8 Å². The summed E-state index contributed by atoms with van der Waals surface area (Å²) in [5.41, 5.74) is 0. The topological polar surface area (TPSA) is 84.2 Å². The van der Waals surface area contributed by atoms with Crippen molar-refractivity contribution in [2.75, 3.05) is 19.7 Å². The van der Waals surface area contributed by atoms with E-state index >= 15 is 0 Å². The zero-order valence-corrected chi connectivity index (χ0v) is 9.08. The number of rotatable bonds is 4. The molecule has 5 heteroatoms. The summed E-state index contributed by atoms with van der Waals surface area (Å²) in [5, 5.41) is 37.8. The largest absolute Gasteiger partial charge is 0.395 e. The fourth-order valence-corrected chi connectivity index (χ4v) is 2.00. The molecular weight excluding hydrogens is 198 g/mol. The van der Waals surface area contributed by atoms with Gasteiger partial charge in [-0.15, -0.1) is 0 Å². The van der Waals surface area contributed by atoms with Crippen molar-refractivity contribution in [3.8, 4) is 0 Å². The smallest absolute Gasteiger partial charge is 0.109 e. The lowest BCUT2D eigenvalue weighted by molar-refractivity contribution is -0.145. The molecule has 0 aliphatic carbocycles. The lowest BCUT2D eigenvalue weighted by Crippen LogP contribution is -2.62. The van der Waals surface area contributed by atoms with Crippen LogP contribution in [0.15, 0.2) is 0 Å². The Bertz CT molecular complexity index is 190. The van der Waals surface area contributed by atoms with Crippen molar-refractivity contribution >= 4 is 0 Å². The zero-order chi connectivity index (χ0) is 11.4. The summed E-state index contributed by atoms with van der Waals surface area (Å²) >= 11 is 0. The molecule has 1 fully saturated rings. The van der Waals surface area contributed by atoms with Gasteiger partial charge in [-0.1, -0.05) is 13.3 Å². The third kappa shape index (κ3) is 2.89. The van der Waals surface area contributed by atoms with Gasteiger partial charge in [-0.25, -0.2) is 0 Å². The molecule has 1 aliphatic heterocycles. The molecule has 0 bridgehead atoms. The summed E-state index contributed by atoms with van der Waals surface area (Å²) in [5.74, 6) is 0. The predicted molar refractivity (Wildman–Crippen MR) is 55.4 cm³/mol. The Hall–Kier alpha value is -0.200. The van der Waals surface area contributed by atoms with E-state index in [0.717, 1.165) is 19.4 Å². The van der Waals surface area contributed by atoms with Gasteiger partial charge in [-0.05, 0) is 13.0 Å². The Morgan fingerprint density at radius 1 is 1.20 bits per heavy atom. The van der Waals surface area contributed by atoms with E-state index in [-0.39, 0.29) is 6.61 Å². The Balaban J connectivity index is 2.60. The number of nitrogens with zero attached hydrogens (tertiary/aromatic N) is 1. The lowest BCUT2D eigenvalue weighted by Gasteiger charge is -2.43. The second-order valence-corrected chi connectivity index (χ2v) is 4.15. The first-order chi connectivity index (χ1) is 7.11. The molecule has 1 saturated heterocycles. The molecule has 1 rings (SSSR count). The molecule has 90 valence electrons. The van der Waals surface area contributed by atoms with Crippen LogP contribution in [0, 0.1) is 0 Å². The van der Waals surface area contributed by atoms with Crippen LogP contribution in [0.4, 0.5) is 0 Å². The summed E-state index contributed by atoms with van der Waals surface area (Å²) in [7, 11) is 0. The Morgan fingerprint density at radius 3 is 2.40 bits per heavy atom. The van der Waals surface area contributed by atoms with Crippen LogP contribution in [0.25, 0.3) is 0 Å². The lowest BCUT2D eigenvalue weighted by atomic mass is 9.94. The zero-order valence-electron chi connectivity index (χ0n) is 9.08. The van der Waals surface area contributed by atoms with Crippen LogP contribution in [0.2, 0.25) is 0 Å². The number of aliphatic hydroxyl groups is 4. The molecule has 1 unspecified atom stereocenters. The van der Waals surface area contributed by atoms with E-state index in [0.29, 0.717) is 6.54 Å². The monoisotopic (exact) mass is 219 g/mol. The van der Waals surface area contributed by atoms with Crippen LogP contribution in [0.5, 0.6) is 0 Å². The van der Waals surface area contributed by atoms with Gasteiger partial charge < -0.3 is 20.4 Å². The second kappa shape index (κ2) is 5.77. The van der Waals surface area contributed by atoms with Gasteiger partial charge in [-0.3, -0.25) is 4.90 Å². The van der Waals surface area contributed by atoms with E-state index < -0.39 is 24.4 Å². The minimum Gasteiger partial charge on any atom is -0.395 e. The van der Waals surface area contributed by atoms with Gasteiger partial charge in [0.25, 0.3) is 0 Å². The summed E-state index contributed by atoms with van der Waals surface area (Å²) in [6, 6.07) is -0.463. The second-order valence-electron chi connectivity index (χ2n) is 4.15. The number of hydrogen-bond donors (Lipinski definition) is 4. The van der Waals surface area contributed by atoms with Gasteiger partial charge in [0.15, 0.2) is 0 Å². The van der Waals surface area contributed by atoms with Crippen LogP contribution in [-0.4, -0.2) is 69.4 Å². The molecule has 1 aliphatic rings. The Kier molecular flexibility index (Phi) is 4.95. The number of aliphatic hydroxyl groups excluding tert-OH is 4. The molecule has 15 heavy (non-hydrogen) atoms. The van der Waals surface area contributed by atoms with E-state index in [9.17, 15) is 15.3 Å². The summed E-state index contributed by atoms with van der Waals surface area (Å²) in [6.45, 7) is 2.89. The molecule has 4 atom stereocenters. The van der Waals surface area contributed by atoms with E-state index in [1.807, 2.05) is 4.90 Å². The predicted octanol–water partition coefficient (Wildman–Crippen LogP) is -1.45. The van der Waals surface area contributed by atoms with Crippen molar-refractivity contribution in [1.29, 1.82) is 0 Å². The molecule has 0 radical (unpaired) electrons. The van der Waals surface area contributed by atoms with Gasteiger partial charge in [-0.2, -0.15) is 0 Å². The molecule has 0 amide bonds. The van der Waals surface area contributed by atoms with Crippen molar-refractivity contribution in [2.45, 2.75) is 44.1 Å². The number of unbranched alkanes of at least 4 members (excludes halogenated alkanes) is 1. The van der Waals surface area contributed by atoms with Crippen molar-refractivity contribution in [1.82, 2.24) is 4.90 Å². The maximum absolute atomic E-state index is 9.67. The van der Waals surface area contributed by atoms with Gasteiger partial charge in [0.2, 0.25) is 0 Å².